The number of rotatable bonds is 12. The zero-order chi connectivity index (χ0) is 19.8. The monoisotopic (exact) mass is 514 g/mol. The second kappa shape index (κ2) is 15.3. The van der Waals surface area contributed by atoms with Crippen LogP contribution in [-0.2, 0) is 23.2 Å². The number of unbranched alkanes of at least 4 members (excludes halogenated alkanes) is 2. The van der Waals surface area contributed by atoms with Gasteiger partial charge >= 0.3 is 182 Å². The van der Waals surface area contributed by atoms with Crippen molar-refractivity contribution in [2.24, 2.45) is 0 Å². The van der Waals surface area contributed by atoms with E-state index in [9.17, 15) is 0 Å². The minimum Gasteiger partial charge on any atom is -1.00 e. The van der Waals surface area contributed by atoms with E-state index in [2.05, 4.69) is 41.5 Å². The van der Waals surface area contributed by atoms with Crippen molar-refractivity contribution < 1.29 is 48.0 Å². The van der Waals surface area contributed by atoms with Gasteiger partial charge in [-0.15, -0.1) is 0 Å². The van der Waals surface area contributed by atoms with E-state index in [1.807, 2.05) is 17.7 Å². The molecule has 0 saturated carbocycles. The van der Waals surface area contributed by atoms with E-state index in [0.717, 1.165) is 0 Å². The fourth-order valence-electron chi connectivity index (χ4n) is 4.88. The summed E-state index contributed by atoms with van der Waals surface area (Å²) in [6.07, 6.45) is 15.8. The van der Waals surface area contributed by atoms with Crippen LogP contribution in [0, 0.1) is 0 Å². The quantitative estimate of drug-likeness (QED) is 0.374. The average molecular weight is 517 g/mol. The van der Waals surface area contributed by atoms with Crippen LogP contribution < -0.4 is 24.8 Å². The molecule has 0 aromatic rings. The fraction of sp³-hybridized carbons (Fsp3) is 0.692. The second-order valence-electron chi connectivity index (χ2n) is 8.22. The first kappa shape index (κ1) is 29.4. The van der Waals surface area contributed by atoms with E-state index in [1.54, 1.807) is 22.3 Å². The summed E-state index contributed by atoms with van der Waals surface area (Å²) >= 11 is -0.695. The first-order valence-corrected chi connectivity index (χ1v) is 14.2. The molecule has 0 saturated heterocycles. The predicted molar refractivity (Wildman–Crippen MR) is 118 cm³/mol. The predicted octanol–water partition coefficient (Wildman–Crippen LogP) is 3.01. The molecule has 0 unspecified atom stereocenters. The Morgan fingerprint density at radius 3 is 1.21 bits per heavy atom. The van der Waals surface area contributed by atoms with Crippen molar-refractivity contribution in [3.05, 3.63) is 40.0 Å². The normalized spacial score (nSPS) is 16.5. The molecule has 0 aromatic heterocycles. The maximum Gasteiger partial charge on any atom is -1.00 e. The summed E-state index contributed by atoms with van der Waals surface area (Å²) in [6.45, 7) is 14.3. The van der Waals surface area contributed by atoms with E-state index in [0.29, 0.717) is 0 Å². The van der Waals surface area contributed by atoms with E-state index in [-0.39, 0.29) is 24.8 Å². The standard InChI is InChI=1S/2C13H21.2ClH.Zr/c2*1-4-7-8-11-9-12(5-2)13(6-3)10-11;;;/h2*4-9H2,1-3H3;2*1H;/q;;;;+2/p-2. The maximum absolute atomic E-state index is 2.40. The molecular weight excluding hydrogens is 474 g/mol. The van der Waals surface area contributed by atoms with Crippen molar-refractivity contribution >= 4 is 0 Å². The van der Waals surface area contributed by atoms with Crippen molar-refractivity contribution in [1.82, 2.24) is 0 Å². The fourth-order valence-corrected chi connectivity index (χ4v) is 9.89. The van der Waals surface area contributed by atoms with E-state index >= 15 is 0 Å². The Bertz CT molecular complexity index is 594. The minimum absolute atomic E-state index is 0. The largest absolute Gasteiger partial charge is 1.00 e. The van der Waals surface area contributed by atoms with Crippen LogP contribution in [0.4, 0.5) is 0 Å². The zero-order valence-corrected chi connectivity index (χ0v) is 23.7. The molecule has 3 heteroatoms. The van der Waals surface area contributed by atoms with E-state index < -0.39 is 23.2 Å². The van der Waals surface area contributed by atoms with E-state index in [4.69, 9.17) is 0 Å². The van der Waals surface area contributed by atoms with Crippen LogP contribution in [0.2, 0.25) is 0 Å². The van der Waals surface area contributed by atoms with Crippen molar-refractivity contribution in [2.75, 3.05) is 0 Å². The van der Waals surface area contributed by atoms with Crippen molar-refractivity contribution in [3.63, 3.8) is 0 Å². The summed E-state index contributed by atoms with van der Waals surface area (Å²) in [6, 6.07) is 0. The smallest absolute Gasteiger partial charge is 1.00 e. The zero-order valence-electron chi connectivity index (χ0n) is 19.7. The molecule has 0 spiro atoms. The Morgan fingerprint density at radius 2 is 0.931 bits per heavy atom. The first-order chi connectivity index (χ1) is 13.1. The Hall–Kier alpha value is 0.423. The van der Waals surface area contributed by atoms with Crippen molar-refractivity contribution in [1.29, 1.82) is 0 Å². The summed E-state index contributed by atoms with van der Waals surface area (Å²) in [5, 5.41) is 0. The number of halogens is 2. The van der Waals surface area contributed by atoms with E-state index in [1.165, 1.54) is 77.0 Å². The van der Waals surface area contributed by atoms with Crippen molar-refractivity contribution in [2.45, 2.75) is 119 Å². The van der Waals surface area contributed by atoms with Gasteiger partial charge in [-0.25, -0.2) is 0 Å². The van der Waals surface area contributed by atoms with Gasteiger partial charge in [-0.05, 0) is 0 Å². The van der Waals surface area contributed by atoms with Gasteiger partial charge in [-0.2, -0.15) is 0 Å². The van der Waals surface area contributed by atoms with Gasteiger partial charge in [0.25, 0.3) is 0 Å². The van der Waals surface area contributed by atoms with Gasteiger partial charge in [0.15, 0.2) is 0 Å². The molecular formula is C26H42Cl2Zr. The summed E-state index contributed by atoms with van der Waals surface area (Å²) < 4.78 is 3.86. The molecule has 0 atom stereocenters. The third-order valence-electron chi connectivity index (χ3n) is 6.49. The van der Waals surface area contributed by atoms with Crippen LogP contribution >= 0.6 is 0 Å². The number of hydrogen-bond donors (Lipinski definition) is 0. The van der Waals surface area contributed by atoms with Crippen LogP contribution in [0.3, 0.4) is 0 Å². The molecule has 0 bridgehead atoms. The van der Waals surface area contributed by atoms with Gasteiger partial charge < -0.3 is 24.8 Å². The number of hydrogen-bond acceptors (Lipinski definition) is 0. The molecule has 0 heterocycles. The van der Waals surface area contributed by atoms with Crippen molar-refractivity contribution in [3.8, 4) is 0 Å². The molecule has 0 aromatic carbocycles. The Labute approximate surface area is 205 Å². The Morgan fingerprint density at radius 1 is 0.552 bits per heavy atom. The molecule has 29 heavy (non-hydrogen) atoms. The third kappa shape index (κ3) is 7.22. The summed E-state index contributed by atoms with van der Waals surface area (Å²) in [4.78, 5) is 0. The molecule has 0 fully saturated rings. The summed E-state index contributed by atoms with van der Waals surface area (Å²) in [7, 11) is 0. The molecule has 164 valence electrons. The van der Waals surface area contributed by atoms with Gasteiger partial charge in [0.2, 0.25) is 0 Å². The van der Waals surface area contributed by atoms with Crippen LogP contribution in [0.25, 0.3) is 0 Å². The third-order valence-corrected chi connectivity index (χ3v) is 10.9. The first-order valence-electron chi connectivity index (χ1n) is 11.8. The van der Waals surface area contributed by atoms with Crippen LogP contribution in [0.15, 0.2) is 40.0 Å². The molecule has 0 radical (unpaired) electrons. The molecule has 0 amide bonds. The summed E-state index contributed by atoms with van der Waals surface area (Å²) in [5.41, 5.74) is 10.9. The average Bonchev–Trinajstić information content (AvgIpc) is 3.21. The summed E-state index contributed by atoms with van der Waals surface area (Å²) in [5.74, 6) is 0. The Kier molecular flexibility index (Phi) is 15.5. The SMILES string of the molecule is CCCCC1=[C]([Zr+2][C]2=C(CCCC)CC(CC)=C2CC)C(CC)=C(CC)C1.[Cl-].[Cl-]. The van der Waals surface area contributed by atoms with Gasteiger partial charge in [0.1, 0.15) is 0 Å². The van der Waals surface area contributed by atoms with Gasteiger partial charge in [-0.3, -0.25) is 0 Å². The Balaban J connectivity index is 0.00000392. The maximum atomic E-state index is 2.40. The van der Waals surface area contributed by atoms with Crippen LogP contribution in [0.5, 0.6) is 0 Å². The van der Waals surface area contributed by atoms with Gasteiger partial charge in [0.05, 0.1) is 0 Å². The molecule has 0 aliphatic heterocycles. The topological polar surface area (TPSA) is 0 Å². The van der Waals surface area contributed by atoms with Crippen LogP contribution in [-0.4, -0.2) is 0 Å². The van der Waals surface area contributed by atoms with Gasteiger partial charge in [0, 0.05) is 0 Å². The van der Waals surface area contributed by atoms with Crippen LogP contribution in [0.1, 0.15) is 119 Å². The minimum atomic E-state index is -0.695. The molecule has 2 aliphatic rings. The molecule has 0 N–H and O–H groups in total. The number of allylic oxidation sites excluding steroid dienone is 8. The second-order valence-corrected chi connectivity index (χ2v) is 11.3. The van der Waals surface area contributed by atoms with Gasteiger partial charge in [-0.1, -0.05) is 0 Å². The molecule has 2 aliphatic carbocycles. The molecule has 2 rings (SSSR count). The molecule has 0 nitrogen and oxygen atoms in total.